The number of thiophene rings is 1. The lowest BCUT2D eigenvalue weighted by atomic mass is 9.36. The fraction of sp³-hybridized carbons (Fsp3) is 0.429. The van der Waals surface area contributed by atoms with Gasteiger partial charge in [-0.1, -0.05) is 133 Å². The van der Waals surface area contributed by atoms with Crippen molar-refractivity contribution in [1.82, 2.24) is 0 Å². The maximum absolute atomic E-state index is 2.68. The Labute approximate surface area is 365 Å². The van der Waals surface area contributed by atoms with Crippen molar-refractivity contribution in [1.29, 1.82) is 0 Å². The zero-order chi connectivity index (χ0) is 42.7. The zero-order valence-electron chi connectivity index (χ0n) is 38.9. The summed E-state index contributed by atoms with van der Waals surface area (Å²) in [5.41, 5.74) is 20.0. The quantitative estimate of drug-likeness (QED) is 0.161. The Balaban J connectivity index is 1.30. The van der Waals surface area contributed by atoms with E-state index in [-0.39, 0.29) is 39.2 Å². The van der Waals surface area contributed by atoms with E-state index >= 15 is 0 Å². The molecule has 0 radical (unpaired) electrons. The average molecular weight is 809 g/mol. The molecule has 0 amide bonds. The second-order valence-corrected chi connectivity index (χ2v) is 24.7. The summed E-state index contributed by atoms with van der Waals surface area (Å²) < 4.78 is 2.82. The summed E-state index contributed by atoms with van der Waals surface area (Å²) in [4.78, 5) is 5.31. The highest BCUT2D eigenvalue weighted by atomic mass is 32.1. The molecule has 0 atom stereocenters. The van der Waals surface area contributed by atoms with E-state index in [1.165, 1.54) is 119 Å². The molecule has 3 heterocycles. The zero-order valence-corrected chi connectivity index (χ0v) is 39.7. The van der Waals surface area contributed by atoms with Gasteiger partial charge in [0, 0.05) is 43.3 Å². The molecule has 4 heteroatoms. The number of hydrogen-bond acceptors (Lipinski definition) is 3. The van der Waals surface area contributed by atoms with Crippen LogP contribution in [0.15, 0.2) is 91.0 Å². The normalized spacial score (nSPS) is 19.3. The van der Waals surface area contributed by atoms with E-state index in [0.717, 1.165) is 0 Å². The molecule has 2 nitrogen and oxygen atoms in total. The van der Waals surface area contributed by atoms with Crippen molar-refractivity contribution in [2.24, 2.45) is 0 Å². The number of anilines is 6. The minimum absolute atomic E-state index is 0.0100. The molecular weight excluding hydrogens is 744 g/mol. The van der Waals surface area contributed by atoms with Crippen LogP contribution in [-0.2, 0) is 32.5 Å². The van der Waals surface area contributed by atoms with Gasteiger partial charge in [0.1, 0.15) is 0 Å². The molecular formula is C56H65BN2S. The van der Waals surface area contributed by atoms with Crippen LogP contribution in [0.4, 0.5) is 34.1 Å². The Bertz CT molecular complexity index is 2760. The molecule has 10 rings (SSSR count). The van der Waals surface area contributed by atoms with Gasteiger partial charge in [-0.05, 0) is 157 Å². The highest BCUT2D eigenvalue weighted by Crippen LogP contribution is 2.53. The van der Waals surface area contributed by atoms with Gasteiger partial charge in [-0.3, -0.25) is 0 Å². The fourth-order valence-electron chi connectivity index (χ4n) is 11.3. The van der Waals surface area contributed by atoms with Gasteiger partial charge in [0.15, 0.2) is 0 Å². The van der Waals surface area contributed by atoms with Gasteiger partial charge in [0.2, 0.25) is 0 Å². The first-order valence-corrected chi connectivity index (χ1v) is 23.5. The van der Waals surface area contributed by atoms with Crippen LogP contribution in [-0.4, -0.2) is 6.71 Å². The lowest BCUT2D eigenvalue weighted by Crippen LogP contribution is -2.60. The molecule has 6 aromatic rings. The molecule has 0 saturated heterocycles. The number of nitrogens with zero attached hydrogens (tertiary/aromatic N) is 2. The molecule has 1 aromatic heterocycles. The van der Waals surface area contributed by atoms with Crippen LogP contribution in [0.2, 0.25) is 0 Å². The standard InChI is InChI=1S/C56H65BN2S/c1-51(2,3)34-19-25-47-38(30-34)49-50(60-47)57-43-31-35(52(4,5)6)18-24-44(43)58(36-20-22-39-41(32-36)55(11,12)28-26-53(39,7)8)45-16-15-17-46(48(45)57)59(49)37-21-23-40-42(33-37)56(13,14)29-27-54(40,9)10/h15-25,30-33H,26-29H2,1-14H3. The first-order chi connectivity index (χ1) is 28.0. The Kier molecular flexibility index (Phi) is 8.40. The Morgan fingerprint density at radius 2 is 0.983 bits per heavy atom. The number of rotatable bonds is 2. The molecule has 308 valence electrons. The van der Waals surface area contributed by atoms with Crippen LogP contribution in [0.3, 0.4) is 0 Å². The number of fused-ring (bicyclic) bond motifs is 8. The molecule has 0 fully saturated rings. The molecule has 0 saturated carbocycles. The van der Waals surface area contributed by atoms with Gasteiger partial charge in [-0.2, -0.15) is 0 Å². The Morgan fingerprint density at radius 3 is 1.53 bits per heavy atom. The summed E-state index contributed by atoms with van der Waals surface area (Å²) >= 11 is 2.02. The SMILES string of the molecule is CC(C)(C)c1ccc2c(c1)B1c3sc4ccc(C(C)(C)C)cc4c3N(c3ccc4c(c3)C(C)(C)CCC4(C)C)c3cccc(c31)N2c1ccc2c(c1)C(C)(C)CCC2(C)C. The molecule has 0 spiro atoms. The van der Waals surface area contributed by atoms with Crippen LogP contribution < -0.4 is 25.5 Å². The summed E-state index contributed by atoms with van der Waals surface area (Å²) in [6.45, 7) is 33.8. The molecule has 2 aliphatic heterocycles. The summed E-state index contributed by atoms with van der Waals surface area (Å²) in [6.07, 6.45) is 4.81. The summed E-state index contributed by atoms with van der Waals surface area (Å²) in [6, 6.07) is 36.9. The van der Waals surface area contributed by atoms with Crippen molar-refractivity contribution < 1.29 is 0 Å². The molecule has 0 N–H and O–H groups in total. The van der Waals surface area contributed by atoms with Crippen molar-refractivity contribution in [3.63, 3.8) is 0 Å². The van der Waals surface area contributed by atoms with Gasteiger partial charge in [-0.25, -0.2) is 0 Å². The topological polar surface area (TPSA) is 6.48 Å². The van der Waals surface area contributed by atoms with Crippen molar-refractivity contribution in [2.45, 2.75) is 155 Å². The van der Waals surface area contributed by atoms with E-state index < -0.39 is 0 Å². The first kappa shape index (κ1) is 39.8. The third-order valence-corrected chi connectivity index (χ3v) is 16.7. The monoisotopic (exact) mass is 808 g/mol. The van der Waals surface area contributed by atoms with Crippen LogP contribution in [0.1, 0.15) is 156 Å². The van der Waals surface area contributed by atoms with E-state index in [4.69, 9.17) is 0 Å². The van der Waals surface area contributed by atoms with Crippen molar-refractivity contribution in [2.75, 3.05) is 9.80 Å². The minimum atomic E-state index is 0.0100. The van der Waals surface area contributed by atoms with E-state index in [2.05, 4.69) is 198 Å². The van der Waals surface area contributed by atoms with E-state index in [1.807, 2.05) is 11.3 Å². The first-order valence-electron chi connectivity index (χ1n) is 22.7. The second kappa shape index (κ2) is 12.7. The van der Waals surface area contributed by atoms with Gasteiger partial charge < -0.3 is 9.80 Å². The lowest BCUT2D eigenvalue weighted by molar-refractivity contribution is 0.332. The van der Waals surface area contributed by atoms with E-state index in [9.17, 15) is 0 Å². The number of benzene rings is 5. The molecule has 0 bridgehead atoms. The second-order valence-electron chi connectivity index (χ2n) is 23.6. The van der Waals surface area contributed by atoms with Gasteiger partial charge >= 0.3 is 0 Å². The maximum atomic E-state index is 2.68. The predicted molar refractivity (Wildman–Crippen MR) is 264 cm³/mol. The van der Waals surface area contributed by atoms with Gasteiger partial charge in [-0.15, -0.1) is 11.3 Å². The highest BCUT2D eigenvalue weighted by molar-refractivity contribution is 7.33. The molecule has 5 aromatic carbocycles. The maximum Gasteiger partial charge on any atom is 0.264 e. The largest absolute Gasteiger partial charge is 0.311 e. The van der Waals surface area contributed by atoms with Crippen molar-refractivity contribution in [3.05, 3.63) is 124 Å². The molecule has 4 aliphatic rings. The third kappa shape index (κ3) is 5.85. The molecule has 60 heavy (non-hydrogen) atoms. The molecule has 0 unspecified atom stereocenters. The van der Waals surface area contributed by atoms with Crippen LogP contribution in [0.5, 0.6) is 0 Å². The highest BCUT2D eigenvalue weighted by Gasteiger charge is 2.47. The summed E-state index contributed by atoms with van der Waals surface area (Å²) in [7, 11) is 0. The van der Waals surface area contributed by atoms with Crippen LogP contribution >= 0.6 is 11.3 Å². The number of hydrogen-bond donors (Lipinski definition) is 0. The summed E-state index contributed by atoms with van der Waals surface area (Å²) in [5.74, 6) is 0. The average Bonchev–Trinajstić information content (AvgIpc) is 3.56. The fourth-order valence-corrected chi connectivity index (χ4v) is 12.6. The van der Waals surface area contributed by atoms with Gasteiger partial charge in [0.25, 0.3) is 6.71 Å². The van der Waals surface area contributed by atoms with Crippen LogP contribution in [0, 0.1) is 0 Å². The third-order valence-electron chi connectivity index (χ3n) is 15.5. The summed E-state index contributed by atoms with van der Waals surface area (Å²) in [5, 5.41) is 1.37. The van der Waals surface area contributed by atoms with Crippen molar-refractivity contribution >= 4 is 78.0 Å². The Morgan fingerprint density at radius 1 is 0.500 bits per heavy atom. The smallest absolute Gasteiger partial charge is 0.264 e. The van der Waals surface area contributed by atoms with E-state index in [1.54, 1.807) is 0 Å². The van der Waals surface area contributed by atoms with E-state index in [0.29, 0.717) is 0 Å². The van der Waals surface area contributed by atoms with Gasteiger partial charge in [0.05, 0.1) is 5.69 Å². The Hall–Kier alpha value is -4.28. The lowest BCUT2D eigenvalue weighted by Gasteiger charge is -2.45. The van der Waals surface area contributed by atoms with Crippen LogP contribution in [0.25, 0.3) is 10.1 Å². The van der Waals surface area contributed by atoms with Crippen molar-refractivity contribution in [3.8, 4) is 0 Å². The predicted octanol–water partition coefficient (Wildman–Crippen LogP) is 14.3. The molecule has 2 aliphatic carbocycles. The minimum Gasteiger partial charge on any atom is -0.311 e.